The third-order valence-electron chi connectivity index (χ3n) is 3.25. The first-order chi connectivity index (χ1) is 7.94. The number of esters is 1. The maximum absolute atomic E-state index is 11.9. The molecule has 1 aliphatic rings. The lowest BCUT2D eigenvalue weighted by atomic mass is 9.79. The molecule has 0 saturated heterocycles. The molecule has 0 amide bonds. The molecular weight excluding hydrogens is 228 g/mol. The van der Waals surface area contributed by atoms with Gasteiger partial charge in [0.2, 0.25) is 0 Å². The Bertz CT molecular complexity index is 278. The van der Waals surface area contributed by atoms with E-state index in [-0.39, 0.29) is 11.9 Å². The van der Waals surface area contributed by atoms with Gasteiger partial charge in [0.05, 0.1) is 20.6 Å². The van der Waals surface area contributed by atoms with Gasteiger partial charge in [-0.3, -0.25) is 4.79 Å². The molecule has 0 heterocycles. The number of hydrogen-bond acceptors (Lipinski definition) is 2. The third kappa shape index (κ3) is 5.07. The van der Waals surface area contributed by atoms with Gasteiger partial charge in [0.15, 0.2) is 0 Å². The standard InChI is InChI=1S/C14H26O2Si/c1-5-16-14(15)13-9-7-6-8-12(13)10-11-17(2,3)4/h10-13H,5-9H2,1-4H3/b11-10+/t12-,13-/m1/s1. The number of carbonyl (C=O) groups excluding carboxylic acids is 1. The Morgan fingerprint density at radius 1 is 1.29 bits per heavy atom. The Morgan fingerprint density at radius 2 is 1.94 bits per heavy atom. The highest BCUT2D eigenvalue weighted by molar-refractivity contribution is 6.80. The van der Waals surface area contributed by atoms with Crippen LogP contribution in [0.1, 0.15) is 32.6 Å². The molecule has 2 nitrogen and oxygen atoms in total. The number of ether oxygens (including phenoxy) is 1. The summed E-state index contributed by atoms with van der Waals surface area (Å²) in [5, 5.41) is 0. The molecule has 0 unspecified atom stereocenters. The van der Waals surface area contributed by atoms with Crippen molar-refractivity contribution in [3.05, 3.63) is 11.8 Å². The topological polar surface area (TPSA) is 26.3 Å². The second-order valence-electron chi connectivity index (χ2n) is 6.03. The van der Waals surface area contributed by atoms with Crippen molar-refractivity contribution in [1.82, 2.24) is 0 Å². The first-order valence-electron chi connectivity index (χ1n) is 6.80. The molecule has 1 saturated carbocycles. The molecule has 3 heteroatoms. The highest BCUT2D eigenvalue weighted by Gasteiger charge is 2.30. The summed E-state index contributed by atoms with van der Waals surface area (Å²) in [6.45, 7) is 9.36. The normalized spacial score (nSPS) is 26.1. The molecule has 1 aliphatic carbocycles. The van der Waals surface area contributed by atoms with Gasteiger partial charge in [-0.05, 0) is 25.7 Å². The van der Waals surface area contributed by atoms with E-state index in [9.17, 15) is 4.79 Å². The van der Waals surface area contributed by atoms with Gasteiger partial charge in [-0.1, -0.05) is 44.3 Å². The van der Waals surface area contributed by atoms with Gasteiger partial charge < -0.3 is 4.74 Å². The lowest BCUT2D eigenvalue weighted by Gasteiger charge is -2.28. The minimum Gasteiger partial charge on any atom is -0.466 e. The maximum Gasteiger partial charge on any atom is 0.309 e. The summed E-state index contributed by atoms with van der Waals surface area (Å²) in [4.78, 5) is 11.9. The van der Waals surface area contributed by atoms with Crippen LogP contribution in [0.5, 0.6) is 0 Å². The van der Waals surface area contributed by atoms with Crippen molar-refractivity contribution >= 4 is 14.0 Å². The summed E-state index contributed by atoms with van der Waals surface area (Å²) in [5.74, 6) is 0.531. The van der Waals surface area contributed by atoms with Crippen molar-refractivity contribution in [3.63, 3.8) is 0 Å². The molecule has 1 rings (SSSR count). The van der Waals surface area contributed by atoms with Crippen molar-refractivity contribution in [3.8, 4) is 0 Å². The fraction of sp³-hybridized carbons (Fsp3) is 0.786. The van der Waals surface area contributed by atoms with Crippen LogP contribution in [0.3, 0.4) is 0 Å². The summed E-state index contributed by atoms with van der Waals surface area (Å²) < 4.78 is 5.18. The highest BCUT2D eigenvalue weighted by atomic mass is 28.3. The molecule has 0 aliphatic heterocycles. The van der Waals surface area contributed by atoms with E-state index in [1.54, 1.807) is 0 Å². The van der Waals surface area contributed by atoms with Crippen LogP contribution in [-0.2, 0) is 9.53 Å². The van der Waals surface area contributed by atoms with Crippen molar-refractivity contribution < 1.29 is 9.53 Å². The largest absolute Gasteiger partial charge is 0.466 e. The van der Waals surface area contributed by atoms with Crippen LogP contribution < -0.4 is 0 Å². The van der Waals surface area contributed by atoms with E-state index < -0.39 is 8.07 Å². The molecule has 0 N–H and O–H groups in total. The van der Waals surface area contributed by atoms with E-state index in [2.05, 4.69) is 31.4 Å². The Morgan fingerprint density at radius 3 is 2.53 bits per heavy atom. The fourth-order valence-electron chi connectivity index (χ4n) is 2.34. The summed E-state index contributed by atoms with van der Waals surface area (Å²) >= 11 is 0. The van der Waals surface area contributed by atoms with Crippen LogP contribution in [0.4, 0.5) is 0 Å². The Kier molecular flexibility index (Phi) is 5.44. The van der Waals surface area contributed by atoms with Gasteiger partial charge >= 0.3 is 5.97 Å². The van der Waals surface area contributed by atoms with E-state index in [0.717, 1.165) is 12.8 Å². The van der Waals surface area contributed by atoms with Crippen LogP contribution in [-0.4, -0.2) is 20.7 Å². The fourth-order valence-corrected chi connectivity index (χ4v) is 3.17. The molecule has 0 spiro atoms. The number of rotatable bonds is 4. The maximum atomic E-state index is 11.9. The average molecular weight is 254 g/mol. The van der Waals surface area contributed by atoms with E-state index in [1.807, 2.05) is 6.92 Å². The van der Waals surface area contributed by atoms with Crippen molar-refractivity contribution in [2.45, 2.75) is 52.2 Å². The Balaban J connectivity index is 2.66. The van der Waals surface area contributed by atoms with E-state index in [0.29, 0.717) is 12.5 Å². The molecule has 1 fully saturated rings. The monoisotopic (exact) mass is 254 g/mol. The van der Waals surface area contributed by atoms with Gasteiger partial charge in [-0.25, -0.2) is 0 Å². The average Bonchev–Trinajstić information content (AvgIpc) is 2.26. The SMILES string of the molecule is CCOC(=O)[C@@H]1CCCC[C@@H]1/C=C/[Si](C)(C)C. The lowest BCUT2D eigenvalue weighted by molar-refractivity contribution is -0.150. The van der Waals surface area contributed by atoms with Crippen LogP contribution >= 0.6 is 0 Å². The number of allylic oxidation sites excluding steroid dienone is 1. The van der Waals surface area contributed by atoms with Gasteiger partial charge in [0, 0.05) is 0 Å². The summed E-state index contributed by atoms with van der Waals surface area (Å²) in [6, 6.07) is 0. The molecule has 0 aromatic rings. The van der Waals surface area contributed by atoms with Crippen LogP contribution in [0.2, 0.25) is 19.6 Å². The smallest absolute Gasteiger partial charge is 0.309 e. The van der Waals surface area contributed by atoms with Crippen LogP contribution in [0.15, 0.2) is 11.8 Å². The molecule has 0 bridgehead atoms. The van der Waals surface area contributed by atoms with E-state index >= 15 is 0 Å². The minimum absolute atomic E-state index is 0.0115. The van der Waals surface area contributed by atoms with Gasteiger partial charge in [0.25, 0.3) is 0 Å². The molecule has 17 heavy (non-hydrogen) atoms. The quantitative estimate of drug-likeness (QED) is 0.563. The van der Waals surface area contributed by atoms with Gasteiger partial charge in [0.1, 0.15) is 0 Å². The van der Waals surface area contributed by atoms with Gasteiger partial charge in [-0.2, -0.15) is 0 Å². The minimum atomic E-state index is -1.16. The predicted octanol–water partition coefficient (Wildman–Crippen LogP) is 3.79. The van der Waals surface area contributed by atoms with E-state index in [1.165, 1.54) is 12.8 Å². The summed E-state index contributed by atoms with van der Waals surface area (Å²) in [5.41, 5.74) is 2.37. The van der Waals surface area contributed by atoms with Crippen LogP contribution in [0, 0.1) is 11.8 Å². The predicted molar refractivity (Wildman–Crippen MR) is 74.6 cm³/mol. The molecule has 0 radical (unpaired) electrons. The zero-order chi connectivity index (χ0) is 12.9. The van der Waals surface area contributed by atoms with Crippen molar-refractivity contribution in [1.29, 1.82) is 0 Å². The zero-order valence-corrected chi connectivity index (χ0v) is 12.7. The molecule has 0 aromatic heterocycles. The number of hydrogen-bond donors (Lipinski definition) is 0. The second kappa shape index (κ2) is 6.38. The lowest BCUT2D eigenvalue weighted by Crippen LogP contribution is -2.28. The summed E-state index contributed by atoms with van der Waals surface area (Å²) in [7, 11) is -1.16. The van der Waals surface area contributed by atoms with Gasteiger partial charge in [-0.15, -0.1) is 0 Å². The first kappa shape index (κ1) is 14.5. The van der Waals surface area contributed by atoms with Crippen LogP contribution in [0.25, 0.3) is 0 Å². The number of carbonyl (C=O) groups is 1. The van der Waals surface area contributed by atoms with Crippen molar-refractivity contribution in [2.75, 3.05) is 6.61 Å². The first-order valence-corrected chi connectivity index (χ1v) is 10.4. The Labute approximate surface area is 106 Å². The molecular formula is C14H26O2Si. The van der Waals surface area contributed by atoms with E-state index in [4.69, 9.17) is 4.74 Å². The summed E-state index contributed by atoms with van der Waals surface area (Å²) in [6.07, 6.45) is 6.86. The van der Waals surface area contributed by atoms with Crippen molar-refractivity contribution in [2.24, 2.45) is 11.8 Å². The molecule has 0 aromatic carbocycles. The third-order valence-corrected chi connectivity index (χ3v) is 4.44. The zero-order valence-electron chi connectivity index (χ0n) is 11.7. The Hall–Kier alpha value is -0.573. The molecule has 98 valence electrons. The highest BCUT2D eigenvalue weighted by Crippen LogP contribution is 2.32. The second-order valence-corrected chi connectivity index (χ2v) is 11.1. The molecule has 2 atom stereocenters.